The maximum Gasteiger partial charge on any atom is 0.0486 e. The highest BCUT2D eigenvalue weighted by molar-refractivity contribution is 5.86. The largest absolute Gasteiger partial charge is 0.347 e. The van der Waals surface area contributed by atoms with Crippen molar-refractivity contribution in [3.63, 3.8) is 0 Å². The van der Waals surface area contributed by atoms with Gasteiger partial charge in [-0.3, -0.25) is 4.90 Å². The highest BCUT2D eigenvalue weighted by Crippen LogP contribution is 2.30. The second-order valence-corrected chi connectivity index (χ2v) is 5.64. The van der Waals surface area contributed by atoms with Gasteiger partial charge in [0.25, 0.3) is 0 Å². The van der Waals surface area contributed by atoms with Crippen LogP contribution in [-0.2, 0) is 26.1 Å². The Morgan fingerprint density at radius 1 is 1.21 bits per heavy atom. The maximum atomic E-state index is 5.65. The zero-order valence-corrected chi connectivity index (χ0v) is 11.9. The van der Waals surface area contributed by atoms with Crippen LogP contribution >= 0.6 is 0 Å². The highest BCUT2D eigenvalue weighted by atomic mass is 15.1. The Balaban J connectivity index is 2.10. The van der Waals surface area contributed by atoms with Gasteiger partial charge in [0.05, 0.1) is 0 Å². The number of hydrogen-bond donors (Lipinski definition) is 1. The van der Waals surface area contributed by atoms with Crippen molar-refractivity contribution in [2.75, 3.05) is 13.6 Å². The fourth-order valence-corrected chi connectivity index (χ4v) is 3.18. The molecule has 0 fully saturated rings. The van der Waals surface area contributed by atoms with Gasteiger partial charge in [0.2, 0.25) is 0 Å². The van der Waals surface area contributed by atoms with Crippen LogP contribution in [0.3, 0.4) is 0 Å². The summed E-state index contributed by atoms with van der Waals surface area (Å²) in [5.41, 5.74) is 11.5. The van der Waals surface area contributed by atoms with Crippen LogP contribution in [0.15, 0.2) is 18.3 Å². The van der Waals surface area contributed by atoms with Crippen LogP contribution in [0.5, 0.6) is 0 Å². The Kier molecular flexibility index (Phi) is 3.33. The van der Waals surface area contributed by atoms with Crippen molar-refractivity contribution in [1.29, 1.82) is 0 Å². The Labute approximate surface area is 115 Å². The molecule has 1 aliphatic rings. The lowest BCUT2D eigenvalue weighted by molar-refractivity contribution is 0.353. The van der Waals surface area contributed by atoms with Crippen LogP contribution in [0.2, 0.25) is 0 Å². The lowest BCUT2D eigenvalue weighted by atomic mass is 10.0. The van der Waals surface area contributed by atoms with E-state index in [1.165, 1.54) is 27.6 Å². The van der Waals surface area contributed by atoms with Crippen molar-refractivity contribution in [3.05, 3.63) is 35.0 Å². The number of aromatic nitrogens is 1. The van der Waals surface area contributed by atoms with Gasteiger partial charge in [0, 0.05) is 36.7 Å². The van der Waals surface area contributed by atoms with Gasteiger partial charge in [-0.05, 0) is 62.2 Å². The number of aryl methyl sites for hydroxylation is 2. The van der Waals surface area contributed by atoms with E-state index >= 15 is 0 Å². The summed E-state index contributed by atoms with van der Waals surface area (Å²) in [4.78, 5) is 2.37. The minimum Gasteiger partial charge on any atom is -0.347 e. The van der Waals surface area contributed by atoms with Gasteiger partial charge in [0.15, 0.2) is 0 Å². The monoisotopic (exact) mass is 257 g/mol. The number of fused-ring (bicyclic) bond motifs is 2. The number of benzene rings is 1. The van der Waals surface area contributed by atoms with Gasteiger partial charge in [-0.1, -0.05) is 0 Å². The normalized spacial score (nSPS) is 15.3. The topological polar surface area (TPSA) is 34.2 Å². The first kappa shape index (κ1) is 12.7. The van der Waals surface area contributed by atoms with E-state index in [2.05, 4.69) is 41.8 Å². The molecule has 0 unspecified atom stereocenters. The quantitative estimate of drug-likeness (QED) is 0.913. The Bertz CT molecular complexity index is 598. The highest BCUT2D eigenvalue weighted by Gasteiger charge is 2.18. The molecule has 0 radical (unpaired) electrons. The SMILES string of the molecule is CCn1cc(CCCN)c2cc3c(cc21)CN(C)C3. The third-order valence-electron chi connectivity index (χ3n) is 4.16. The van der Waals surface area contributed by atoms with E-state index in [1.807, 2.05) is 0 Å². The number of nitrogens with two attached hydrogens (primary N) is 1. The second kappa shape index (κ2) is 4.99. The summed E-state index contributed by atoms with van der Waals surface area (Å²) in [6.45, 7) is 6.18. The van der Waals surface area contributed by atoms with Gasteiger partial charge in [0.1, 0.15) is 0 Å². The predicted octanol–water partition coefficient (Wildman–Crippen LogP) is 2.50. The molecule has 102 valence electrons. The summed E-state index contributed by atoms with van der Waals surface area (Å²) >= 11 is 0. The molecule has 3 rings (SSSR count). The zero-order valence-electron chi connectivity index (χ0n) is 11.9. The first-order chi connectivity index (χ1) is 9.22. The fraction of sp³-hybridized carbons (Fsp3) is 0.500. The molecule has 0 atom stereocenters. The van der Waals surface area contributed by atoms with Crippen LogP contribution in [0, 0.1) is 0 Å². The van der Waals surface area contributed by atoms with E-state index in [1.54, 1.807) is 0 Å². The van der Waals surface area contributed by atoms with Crippen molar-refractivity contribution in [1.82, 2.24) is 9.47 Å². The molecule has 3 heteroatoms. The molecule has 0 saturated carbocycles. The van der Waals surface area contributed by atoms with Gasteiger partial charge < -0.3 is 10.3 Å². The summed E-state index contributed by atoms with van der Waals surface area (Å²) < 4.78 is 2.37. The minimum absolute atomic E-state index is 0.770. The van der Waals surface area contributed by atoms with Gasteiger partial charge in [-0.2, -0.15) is 0 Å². The fourth-order valence-electron chi connectivity index (χ4n) is 3.18. The molecule has 1 aromatic carbocycles. The smallest absolute Gasteiger partial charge is 0.0486 e. The first-order valence-corrected chi connectivity index (χ1v) is 7.25. The third-order valence-corrected chi connectivity index (χ3v) is 4.16. The van der Waals surface area contributed by atoms with Crippen molar-refractivity contribution in [2.24, 2.45) is 5.73 Å². The van der Waals surface area contributed by atoms with E-state index in [4.69, 9.17) is 5.73 Å². The summed E-state index contributed by atoms with van der Waals surface area (Å²) in [6.07, 6.45) is 4.48. The molecule has 0 aliphatic carbocycles. The second-order valence-electron chi connectivity index (χ2n) is 5.64. The molecule has 0 bridgehead atoms. The third kappa shape index (κ3) is 2.17. The summed E-state index contributed by atoms with van der Waals surface area (Å²) in [5.74, 6) is 0. The zero-order chi connectivity index (χ0) is 13.4. The van der Waals surface area contributed by atoms with Crippen LogP contribution in [0.25, 0.3) is 10.9 Å². The van der Waals surface area contributed by atoms with E-state index < -0.39 is 0 Å². The Morgan fingerprint density at radius 2 is 1.95 bits per heavy atom. The number of nitrogens with zero attached hydrogens (tertiary/aromatic N) is 2. The molecule has 0 amide bonds. The Morgan fingerprint density at radius 3 is 2.63 bits per heavy atom. The minimum atomic E-state index is 0.770. The molecule has 2 N–H and O–H groups in total. The lowest BCUT2D eigenvalue weighted by Crippen LogP contribution is -2.07. The van der Waals surface area contributed by atoms with Crippen molar-refractivity contribution in [2.45, 2.75) is 39.4 Å². The molecular weight excluding hydrogens is 234 g/mol. The number of rotatable bonds is 4. The van der Waals surface area contributed by atoms with E-state index in [-0.39, 0.29) is 0 Å². The number of hydrogen-bond acceptors (Lipinski definition) is 2. The van der Waals surface area contributed by atoms with Gasteiger partial charge in [-0.25, -0.2) is 0 Å². The summed E-state index contributed by atoms with van der Waals surface area (Å²) in [5, 5.41) is 1.43. The lowest BCUT2D eigenvalue weighted by Gasteiger charge is -2.03. The molecule has 1 aromatic heterocycles. The van der Waals surface area contributed by atoms with Crippen LogP contribution < -0.4 is 5.73 Å². The summed E-state index contributed by atoms with van der Waals surface area (Å²) in [6, 6.07) is 4.80. The van der Waals surface area contributed by atoms with Gasteiger partial charge in [-0.15, -0.1) is 0 Å². The molecule has 2 heterocycles. The van der Waals surface area contributed by atoms with E-state index in [0.717, 1.165) is 39.0 Å². The van der Waals surface area contributed by atoms with Crippen LogP contribution in [0.1, 0.15) is 30.0 Å². The maximum absolute atomic E-state index is 5.65. The molecule has 19 heavy (non-hydrogen) atoms. The molecule has 0 spiro atoms. The molecule has 3 nitrogen and oxygen atoms in total. The van der Waals surface area contributed by atoms with E-state index in [9.17, 15) is 0 Å². The molecule has 0 saturated heterocycles. The average molecular weight is 257 g/mol. The average Bonchev–Trinajstić information content (AvgIpc) is 2.92. The standard InChI is InChI=1S/C16H23N3/c1-3-19-11-12(5-4-6-17)15-7-13-9-18(2)10-14(13)8-16(15)19/h7-8,11H,3-6,9-10,17H2,1-2H3. The van der Waals surface area contributed by atoms with Crippen molar-refractivity contribution >= 4 is 10.9 Å². The van der Waals surface area contributed by atoms with Gasteiger partial charge >= 0.3 is 0 Å². The van der Waals surface area contributed by atoms with Crippen molar-refractivity contribution < 1.29 is 0 Å². The Hall–Kier alpha value is -1.32. The molecular formula is C16H23N3. The first-order valence-electron chi connectivity index (χ1n) is 7.25. The van der Waals surface area contributed by atoms with Crippen LogP contribution in [-0.4, -0.2) is 23.1 Å². The van der Waals surface area contributed by atoms with Crippen LogP contribution in [0.4, 0.5) is 0 Å². The van der Waals surface area contributed by atoms with Crippen molar-refractivity contribution in [3.8, 4) is 0 Å². The predicted molar refractivity (Wildman–Crippen MR) is 80.2 cm³/mol. The summed E-state index contributed by atoms with van der Waals surface area (Å²) in [7, 11) is 2.19. The molecule has 2 aromatic rings. The van der Waals surface area contributed by atoms with E-state index in [0.29, 0.717) is 0 Å². The molecule has 1 aliphatic heterocycles.